The first-order valence-corrected chi connectivity index (χ1v) is 6.89. The zero-order valence-corrected chi connectivity index (χ0v) is 11.1. The fraction of sp³-hybridized carbons (Fsp3) is 0.357. The summed E-state index contributed by atoms with van der Waals surface area (Å²) in [4.78, 5) is 4.55. The van der Waals surface area contributed by atoms with Crippen molar-refractivity contribution in [1.29, 1.82) is 0 Å². The molecule has 1 N–H and O–H groups in total. The molecule has 90 valence electrons. The van der Waals surface area contributed by atoms with Gasteiger partial charge in [-0.1, -0.05) is 37.3 Å². The molecule has 1 heterocycles. The van der Waals surface area contributed by atoms with Crippen LogP contribution in [-0.4, -0.2) is 4.98 Å². The van der Waals surface area contributed by atoms with Crippen molar-refractivity contribution in [2.24, 2.45) is 0 Å². The summed E-state index contributed by atoms with van der Waals surface area (Å²) in [6.45, 7) is 5.16. The van der Waals surface area contributed by atoms with Gasteiger partial charge in [-0.2, -0.15) is 0 Å². The lowest BCUT2D eigenvalue weighted by atomic mass is 10.1. The van der Waals surface area contributed by atoms with Gasteiger partial charge in [-0.25, -0.2) is 4.98 Å². The van der Waals surface area contributed by atoms with Crippen molar-refractivity contribution in [3.8, 4) is 0 Å². The molecule has 2 aromatic rings. The number of rotatable bonds is 5. The van der Waals surface area contributed by atoms with Gasteiger partial charge in [0.25, 0.3) is 0 Å². The van der Waals surface area contributed by atoms with Crippen LogP contribution in [0.25, 0.3) is 0 Å². The highest BCUT2D eigenvalue weighted by atomic mass is 32.1. The summed E-state index contributed by atoms with van der Waals surface area (Å²) in [7, 11) is 0. The van der Waals surface area contributed by atoms with Crippen LogP contribution >= 0.6 is 11.3 Å². The molecule has 0 saturated carbocycles. The number of hydrogen-bond acceptors (Lipinski definition) is 3. The fourth-order valence-electron chi connectivity index (χ4n) is 1.71. The van der Waals surface area contributed by atoms with Gasteiger partial charge >= 0.3 is 0 Å². The lowest BCUT2D eigenvalue weighted by molar-refractivity contribution is 0.568. The van der Waals surface area contributed by atoms with Crippen LogP contribution in [0.4, 0.5) is 0 Å². The number of nitrogens with zero attached hydrogens (tertiary/aromatic N) is 1. The largest absolute Gasteiger partial charge is 0.305 e. The maximum absolute atomic E-state index is 4.55. The van der Waals surface area contributed by atoms with Crippen molar-refractivity contribution >= 4 is 11.3 Å². The third-order valence-corrected chi connectivity index (χ3v) is 3.83. The Balaban J connectivity index is 1.90. The lowest BCUT2D eigenvalue weighted by Gasteiger charge is -2.12. The molecule has 0 amide bonds. The van der Waals surface area contributed by atoms with Crippen LogP contribution in [0.15, 0.2) is 35.7 Å². The van der Waals surface area contributed by atoms with Crippen LogP contribution in [0.2, 0.25) is 0 Å². The van der Waals surface area contributed by atoms with E-state index < -0.39 is 0 Å². The molecular formula is C14H18N2S. The molecule has 0 aliphatic rings. The normalized spacial score (nSPS) is 12.6. The van der Waals surface area contributed by atoms with Gasteiger partial charge < -0.3 is 5.32 Å². The van der Waals surface area contributed by atoms with E-state index in [1.165, 1.54) is 10.6 Å². The predicted octanol–water partition coefficient (Wildman–Crippen LogP) is 3.56. The van der Waals surface area contributed by atoms with Crippen molar-refractivity contribution in [3.05, 3.63) is 52.0 Å². The topological polar surface area (TPSA) is 24.9 Å². The third-order valence-electron chi connectivity index (χ3n) is 2.79. The summed E-state index contributed by atoms with van der Waals surface area (Å²) in [5.74, 6) is 0. The van der Waals surface area contributed by atoms with Crippen LogP contribution in [0.1, 0.15) is 36.2 Å². The summed E-state index contributed by atoms with van der Waals surface area (Å²) in [6.07, 6.45) is 1.03. The van der Waals surface area contributed by atoms with E-state index >= 15 is 0 Å². The minimum absolute atomic E-state index is 0.364. The van der Waals surface area contributed by atoms with Crippen LogP contribution in [0, 0.1) is 0 Å². The van der Waals surface area contributed by atoms with Crippen LogP contribution in [0.5, 0.6) is 0 Å². The van der Waals surface area contributed by atoms with Gasteiger partial charge in [0.2, 0.25) is 0 Å². The molecule has 0 aliphatic heterocycles. The van der Waals surface area contributed by atoms with Crippen molar-refractivity contribution in [1.82, 2.24) is 10.3 Å². The molecule has 0 unspecified atom stereocenters. The standard InChI is InChI=1S/C14H18N2S/c1-3-14-16-13(10-17-14)9-15-11(2)12-7-5-4-6-8-12/h4-8,10-11,15H,3,9H2,1-2H3/t11-/m0/s1. The monoisotopic (exact) mass is 246 g/mol. The van der Waals surface area contributed by atoms with Gasteiger partial charge in [0.05, 0.1) is 10.7 Å². The molecule has 0 fully saturated rings. The van der Waals surface area contributed by atoms with E-state index in [1.54, 1.807) is 11.3 Å². The second-order valence-electron chi connectivity index (χ2n) is 4.10. The molecule has 17 heavy (non-hydrogen) atoms. The number of aryl methyl sites for hydroxylation is 1. The number of aromatic nitrogens is 1. The van der Waals surface area contributed by atoms with Gasteiger partial charge in [-0.05, 0) is 18.9 Å². The number of nitrogens with one attached hydrogen (secondary N) is 1. The van der Waals surface area contributed by atoms with E-state index in [9.17, 15) is 0 Å². The van der Waals surface area contributed by atoms with Gasteiger partial charge in [-0.3, -0.25) is 0 Å². The van der Waals surface area contributed by atoms with E-state index in [0.29, 0.717) is 6.04 Å². The van der Waals surface area contributed by atoms with Gasteiger partial charge in [0, 0.05) is 18.0 Å². The van der Waals surface area contributed by atoms with Gasteiger partial charge in [0.1, 0.15) is 0 Å². The zero-order chi connectivity index (χ0) is 12.1. The maximum atomic E-state index is 4.55. The summed E-state index contributed by atoms with van der Waals surface area (Å²) < 4.78 is 0. The van der Waals surface area contributed by atoms with Crippen LogP contribution < -0.4 is 5.32 Å². The Morgan fingerprint density at radius 2 is 2.06 bits per heavy atom. The van der Waals surface area contributed by atoms with Crippen molar-refractivity contribution in [2.75, 3.05) is 0 Å². The highest BCUT2D eigenvalue weighted by molar-refractivity contribution is 7.09. The predicted molar refractivity (Wildman–Crippen MR) is 73.2 cm³/mol. The first-order chi connectivity index (χ1) is 8.29. The molecule has 2 rings (SSSR count). The highest BCUT2D eigenvalue weighted by Gasteiger charge is 2.05. The van der Waals surface area contributed by atoms with E-state index in [-0.39, 0.29) is 0 Å². The zero-order valence-electron chi connectivity index (χ0n) is 10.3. The average Bonchev–Trinajstić information content (AvgIpc) is 2.85. The van der Waals surface area contributed by atoms with E-state index in [4.69, 9.17) is 0 Å². The molecular weight excluding hydrogens is 228 g/mol. The molecule has 0 aliphatic carbocycles. The molecule has 1 aromatic heterocycles. The summed E-state index contributed by atoms with van der Waals surface area (Å²) >= 11 is 1.75. The van der Waals surface area contributed by atoms with Crippen molar-refractivity contribution < 1.29 is 0 Å². The first-order valence-electron chi connectivity index (χ1n) is 6.01. The molecule has 0 saturated heterocycles. The van der Waals surface area contributed by atoms with Crippen molar-refractivity contribution in [3.63, 3.8) is 0 Å². The maximum Gasteiger partial charge on any atom is 0.0926 e. The molecule has 0 radical (unpaired) electrons. The minimum Gasteiger partial charge on any atom is -0.305 e. The number of hydrogen-bond donors (Lipinski definition) is 1. The Morgan fingerprint density at radius 3 is 2.71 bits per heavy atom. The molecule has 0 bridgehead atoms. The average molecular weight is 246 g/mol. The van der Waals surface area contributed by atoms with Crippen LogP contribution in [-0.2, 0) is 13.0 Å². The smallest absolute Gasteiger partial charge is 0.0926 e. The number of benzene rings is 1. The highest BCUT2D eigenvalue weighted by Crippen LogP contribution is 2.14. The Bertz CT molecular complexity index is 450. The fourth-order valence-corrected chi connectivity index (χ4v) is 2.45. The Labute approximate surface area is 107 Å². The van der Waals surface area contributed by atoms with Crippen LogP contribution in [0.3, 0.4) is 0 Å². The second-order valence-corrected chi connectivity index (χ2v) is 5.04. The SMILES string of the molecule is CCc1nc(CN[C@@H](C)c2ccccc2)cs1. The Hall–Kier alpha value is -1.19. The number of thiazole rings is 1. The van der Waals surface area contributed by atoms with E-state index in [1.807, 2.05) is 6.07 Å². The van der Waals surface area contributed by atoms with Crippen molar-refractivity contribution in [2.45, 2.75) is 32.9 Å². The molecule has 3 heteroatoms. The third kappa shape index (κ3) is 3.38. The minimum atomic E-state index is 0.364. The van der Waals surface area contributed by atoms with E-state index in [0.717, 1.165) is 18.7 Å². The van der Waals surface area contributed by atoms with Gasteiger partial charge in [-0.15, -0.1) is 11.3 Å². The second kappa shape index (κ2) is 5.94. The Morgan fingerprint density at radius 1 is 1.29 bits per heavy atom. The molecule has 0 spiro atoms. The summed E-state index contributed by atoms with van der Waals surface area (Å²) in [5, 5.41) is 6.86. The molecule has 1 aromatic carbocycles. The molecule has 1 atom stereocenters. The summed E-state index contributed by atoms with van der Waals surface area (Å²) in [5.41, 5.74) is 2.47. The van der Waals surface area contributed by atoms with E-state index in [2.05, 4.69) is 53.8 Å². The van der Waals surface area contributed by atoms with Gasteiger partial charge in [0.15, 0.2) is 0 Å². The summed E-state index contributed by atoms with van der Waals surface area (Å²) in [6, 6.07) is 10.9. The lowest BCUT2D eigenvalue weighted by Crippen LogP contribution is -2.18. The Kier molecular flexibility index (Phi) is 4.29. The first kappa shape index (κ1) is 12.3. The quantitative estimate of drug-likeness (QED) is 0.872. The molecule has 2 nitrogen and oxygen atoms in total.